The molecule has 0 spiro atoms. The molecule has 0 atom stereocenters. The van der Waals surface area contributed by atoms with Gasteiger partial charge in [0.05, 0.1) is 18.4 Å². The summed E-state index contributed by atoms with van der Waals surface area (Å²) >= 11 is 0. The Kier molecular flexibility index (Phi) is 3.30. The van der Waals surface area contributed by atoms with Crippen LogP contribution in [0.5, 0.6) is 0 Å². The Morgan fingerprint density at radius 3 is 2.80 bits per heavy atom. The molecule has 0 saturated heterocycles. The summed E-state index contributed by atoms with van der Waals surface area (Å²) in [6.07, 6.45) is 1.02. The van der Waals surface area contributed by atoms with Crippen molar-refractivity contribution in [2.75, 3.05) is 10.5 Å². The number of hydrogen-bond acceptors (Lipinski definition) is 4. The third-order valence-electron chi connectivity index (χ3n) is 1.67. The summed E-state index contributed by atoms with van der Waals surface area (Å²) in [6.45, 7) is 0. The maximum absolute atomic E-state index is 11.3. The van der Waals surface area contributed by atoms with Crippen LogP contribution in [0.3, 0.4) is 0 Å². The van der Waals surface area contributed by atoms with Crippen molar-refractivity contribution in [1.29, 1.82) is 0 Å². The van der Waals surface area contributed by atoms with Crippen molar-refractivity contribution in [2.45, 2.75) is 6.42 Å². The Morgan fingerprint density at radius 1 is 1.67 bits per heavy atom. The Hall–Kier alpha value is -1.57. The molecule has 0 bridgehead atoms. The molecule has 15 heavy (non-hydrogen) atoms. The van der Waals surface area contributed by atoms with E-state index < -0.39 is 28.2 Å². The molecular weight excluding hydrogens is 222 g/mol. The first-order valence-electron chi connectivity index (χ1n) is 4.11. The first-order valence-corrected chi connectivity index (χ1v) is 5.76. The molecule has 1 rings (SSSR count). The lowest BCUT2D eigenvalue weighted by atomic mass is 10.5. The van der Waals surface area contributed by atoms with Crippen LogP contribution in [0.15, 0.2) is 12.3 Å². The van der Waals surface area contributed by atoms with E-state index in [9.17, 15) is 13.2 Å². The Morgan fingerprint density at radius 2 is 2.33 bits per heavy atom. The quantitative estimate of drug-likeness (QED) is 0.723. The summed E-state index contributed by atoms with van der Waals surface area (Å²) in [5.41, 5.74) is 0. The number of rotatable bonds is 5. The largest absolute Gasteiger partial charge is 0.481 e. The van der Waals surface area contributed by atoms with Gasteiger partial charge in [-0.2, -0.15) is 5.10 Å². The fraction of sp³-hybridized carbons (Fsp3) is 0.429. The zero-order chi connectivity index (χ0) is 11.5. The van der Waals surface area contributed by atoms with E-state index in [1.165, 1.54) is 16.9 Å². The Labute approximate surface area is 86.8 Å². The van der Waals surface area contributed by atoms with Crippen LogP contribution in [-0.4, -0.2) is 35.0 Å². The van der Waals surface area contributed by atoms with Crippen LogP contribution in [0.4, 0.5) is 5.82 Å². The van der Waals surface area contributed by atoms with Gasteiger partial charge in [0.15, 0.2) is 0 Å². The average molecular weight is 233 g/mol. The number of nitrogens with zero attached hydrogens (tertiary/aromatic N) is 2. The number of anilines is 1. The average Bonchev–Trinajstić information content (AvgIpc) is 2.48. The van der Waals surface area contributed by atoms with Gasteiger partial charge in [0.25, 0.3) is 0 Å². The van der Waals surface area contributed by atoms with Gasteiger partial charge >= 0.3 is 5.97 Å². The van der Waals surface area contributed by atoms with Crippen molar-refractivity contribution in [3.8, 4) is 0 Å². The molecule has 0 aliphatic rings. The summed E-state index contributed by atoms with van der Waals surface area (Å²) in [5.74, 6) is -1.29. The molecule has 8 heteroatoms. The van der Waals surface area contributed by atoms with Crippen molar-refractivity contribution in [3.63, 3.8) is 0 Å². The minimum Gasteiger partial charge on any atom is -0.481 e. The lowest BCUT2D eigenvalue weighted by Crippen LogP contribution is -2.20. The van der Waals surface area contributed by atoms with E-state index in [1.54, 1.807) is 7.05 Å². The van der Waals surface area contributed by atoms with Gasteiger partial charge in [0.1, 0.15) is 5.82 Å². The highest BCUT2D eigenvalue weighted by molar-refractivity contribution is 7.92. The number of sulfonamides is 1. The van der Waals surface area contributed by atoms with Crippen molar-refractivity contribution >= 4 is 21.8 Å². The van der Waals surface area contributed by atoms with E-state index in [0.717, 1.165) is 0 Å². The van der Waals surface area contributed by atoms with E-state index in [0.29, 0.717) is 5.82 Å². The molecule has 0 saturated carbocycles. The van der Waals surface area contributed by atoms with E-state index >= 15 is 0 Å². The van der Waals surface area contributed by atoms with Crippen LogP contribution in [0, 0.1) is 0 Å². The maximum Gasteiger partial charge on any atom is 0.304 e. The van der Waals surface area contributed by atoms with Crippen LogP contribution < -0.4 is 4.72 Å². The third-order valence-corrected chi connectivity index (χ3v) is 2.93. The molecule has 0 fully saturated rings. The maximum atomic E-state index is 11.3. The lowest BCUT2D eigenvalue weighted by molar-refractivity contribution is -0.136. The van der Waals surface area contributed by atoms with Crippen LogP contribution in [0.25, 0.3) is 0 Å². The molecule has 1 heterocycles. The molecule has 1 aromatic heterocycles. The number of aromatic nitrogens is 2. The van der Waals surface area contributed by atoms with Gasteiger partial charge in [-0.25, -0.2) is 8.42 Å². The van der Waals surface area contributed by atoms with Crippen molar-refractivity contribution in [2.24, 2.45) is 7.05 Å². The molecule has 1 aromatic rings. The summed E-state index contributed by atoms with van der Waals surface area (Å²) in [6, 6.07) is 1.48. The van der Waals surface area contributed by atoms with Crippen molar-refractivity contribution < 1.29 is 18.3 Å². The van der Waals surface area contributed by atoms with E-state index in [4.69, 9.17) is 5.11 Å². The summed E-state index contributed by atoms with van der Waals surface area (Å²) < 4.78 is 26.3. The molecule has 0 aliphatic carbocycles. The first kappa shape index (κ1) is 11.5. The molecule has 7 nitrogen and oxygen atoms in total. The second-order valence-electron chi connectivity index (χ2n) is 2.90. The molecule has 0 unspecified atom stereocenters. The van der Waals surface area contributed by atoms with Crippen LogP contribution in [-0.2, 0) is 21.9 Å². The van der Waals surface area contributed by atoms with Crippen molar-refractivity contribution in [1.82, 2.24) is 9.78 Å². The summed E-state index contributed by atoms with van der Waals surface area (Å²) in [7, 11) is -2.04. The van der Waals surface area contributed by atoms with Gasteiger partial charge in [-0.05, 0) is 0 Å². The zero-order valence-electron chi connectivity index (χ0n) is 8.04. The van der Waals surface area contributed by atoms with Gasteiger partial charge in [-0.1, -0.05) is 0 Å². The predicted octanol–water partition coefficient (Wildman–Crippen LogP) is -0.364. The Balaban J connectivity index is 2.65. The molecule has 2 N–H and O–H groups in total. The highest BCUT2D eigenvalue weighted by Gasteiger charge is 2.14. The number of carboxylic acids is 1. The fourth-order valence-corrected chi connectivity index (χ4v) is 1.97. The van der Waals surface area contributed by atoms with E-state index in [1.807, 2.05) is 0 Å². The van der Waals surface area contributed by atoms with Gasteiger partial charge in [0, 0.05) is 13.1 Å². The zero-order valence-corrected chi connectivity index (χ0v) is 8.86. The molecule has 0 radical (unpaired) electrons. The number of aryl methyl sites for hydroxylation is 1. The summed E-state index contributed by atoms with van der Waals surface area (Å²) in [5, 5.41) is 12.1. The van der Waals surface area contributed by atoms with Gasteiger partial charge in [-0.3, -0.25) is 14.2 Å². The smallest absolute Gasteiger partial charge is 0.304 e. The normalized spacial score (nSPS) is 11.3. The number of carboxylic acid groups (broad SMARTS) is 1. The number of hydrogen-bond donors (Lipinski definition) is 2. The van der Waals surface area contributed by atoms with Gasteiger partial charge < -0.3 is 5.11 Å². The standard InChI is InChI=1S/C7H11N3O4S/c1-10-6(2-4-8-10)9-15(13,14)5-3-7(11)12/h2,4,9H,3,5H2,1H3,(H,11,12). The van der Waals surface area contributed by atoms with Crippen LogP contribution in [0.1, 0.15) is 6.42 Å². The predicted molar refractivity (Wildman–Crippen MR) is 52.9 cm³/mol. The molecule has 84 valence electrons. The first-order chi connectivity index (χ1) is 6.91. The van der Waals surface area contributed by atoms with Crippen LogP contribution >= 0.6 is 0 Å². The Bertz CT molecular complexity index is 451. The summed E-state index contributed by atoms with van der Waals surface area (Å²) in [4.78, 5) is 10.2. The highest BCUT2D eigenvalue weighted by Crippen LogP contribution is 2.07. The fourth-order valence-electron chi connectivity index (χ4n) is 0.906. The molecule has 0 aliphatic heterocycles. The van der Waals surface area contributed by atoms with E-state index in [-0.39, 0.29) is 0 Å². The number of nitrogens with one attached hydrogen (secondary N) is 1. The molecule has 0 aromatic carbocycles. The minimum atomic E-state index is -3.61. The number of aliphatic carboxylic acids is 1. The monoisotopic (exact) mass is 233 g/mol. The third kappa shape index (κ3) is 3.58. The SMILES string of the molecule is Cn1nccc1NS(=O)(=O)CCC(=O)O. The molecular formula is C7H11N3O4S. The van der Waals surface area contributed by atoms with Gasteiger partial charge in [0.2, 0.25) is 10.0 Å². The second-order valence-corrected chi connectivity index (χ2v) is 4.75. The lowest BCUT2D eigenvalue weighted by Gasteiger charge is -2.06. The van der Waals surface area contributed by atoms with E-state index in [2.05, 4.69) is 9.82 Å². The number of carbonyl (C=O) groups is 1. The highest BCUT2D eigenvalue weighted by atomic mass is 32.2. The minimum absolute atomic E-state index is 0.306. The van der Waals surface area contributed by atoms with Gasteiger partial charge in [-0.15, -0.1) is 0 Å². The van der Waals surface area contributed by atoms with Crippen molar-refractivity contribution in [3.05, 3.63) is 12.3 Å². The molecule has 0 amide bonds. The second kappa shape index (κ2) is 4.30. The topological polar surface area (TPSA) is 101 Å². The van der Waals surface area contributed by atoms with Crippen LogP contribution in [0.2, 0.25) is 0 Å².